The first-order valence-corrected chi connectivity index (χ1v) is 2.82. The minimum atomic E-state index is 0. The third-order valence-corrected chi connectivity index (χ3v) is 0.908. The first-order chi connectivity index (χ1) is 3.41. The smallest absolute Gasteiger partial charge is 1.00 e. The van der Waals surface area contributed by atoms with Crippen molar-refractivity contribution in [3.8, 4) is 0 Å². The lowest BCUT2D eigenvalue weighted by Crippen LogP contribution is -3.00. The Bertz CT molecular complexity index is 34.1. The van der Waals surface area contributed by atoms with Crippen molar-refractivity contribution >= 4 is 0 Å². The summed E-state index contributed by atoms with van der Waals surface area (Å²) in [5, 5.41) is 0. The molecule has 0 aliphatic carbocycles. The molecule has 0 aliphatic rings. The molecule has 0 radical (unpaired) electrons. The Kier molecular flexibility index (Phi) is 14.2. The van der Waals surface area contributed by atoms with E-state index in [1.165, 1.54) is 6.42 Å². The lowest BCUT2D eigenvalue weighted by atomic mass is 10.2. The van der Waals surface area contributed by atoms with Crippen molar-refractivity contribution in [2.24, 2.45) is 11.5 Å². The molecule has 0 aromatic heterocycles. The topological polar surface area (TPSA) is 52.0 Å². The number of halogens is 1. The van der Waals surface area contributed by atoms with E-state index in [4.69, 9.17) is 11.5 Å². The summed E-state index contributed by atoms with van der Waals surface area (Å²) in [6, 6.07) is 0. The van der Waals surface area contributed by atoms with Crippen LogP contribution >= 0.6 is 0 Å². The molecule has 0 fully saturated rings. The first kappa shape index (κ1) is 11.1. The molecule has 3 heteroatoms. The molecule has 0 bridgehead atoms. The number of unbranched alkanes of at least 4 members (excludes halogenated alkanes) is 2. The molecule has 4 N–H and O–H groups in total. The monoisotopic (exact) mass is 138 g/mol. The van der Waals surface area contributed by atoms with Gasteiger partial charge in [0, 0.05) is 0 Å². The molecule has 8 heavy (non-hydrogen) atoms. The quantitative estimate of drug-likeness (QED) is 0.412. The van der Waals surface area contributed by atoms with Gasteiger partial charge in [-0.3, -0.25) is 0 Å². The molecule has 0 amide bonds. The van der Waals surface area contributed by atoms with E-state index in [0.717, 1.165) is 25.9 Å². The van der Waals surface area contributed by atoms with Gasteiger partial charge >= 0.3 is 1.43 Å². The van der Waals surface area contributed by atoms with E-state index in [2.05, 4.69) is 0 Å². The molecule has 0 saturated heterocycles. The van der Waals surface area contributed by atoms with E-state index < -0.39 is 0 Å². The molecule has 2 nitrogen and oxygen atoms in total. The van der Waals surface area contributed by atoms with Crippen LogP contribution in [0.2, 0.25) is 0 Å². The molecule has 0 heterocycles. The Hall–Kier alpha value is 0.210. The Labute approximate surface area is 58.5 Å². The molecule has 0 unspecified atom stereocenters. The fourth-order valence-electron chi connectivity index (χ4n) is 0.465. The van der Waals surface area contributed by atoms with Crippen LogP contribution in [0, 0.1) is 0 Å². The highest BCUT2D eigenvalue weighted by Gasteiger charge is 1.80. The molecule has 0 aromatic carbocycles. The van der Waals surface area contributed by atoms with E-state index >= 15 is 0 Å². The van der Waals surface area contributed by atoms with Crippen LogP contribution in [0.1, 0.15) is 20.7 Å². The van der Waals surface area contributed by atoms with Crippen LogP contribution in [0.25, 0.3) is 0 Å². The molecule has 0 aliphatic heterocycles. The van der Waals surface area contributed by atoms with Crippen LogP contribution in [0.15, 0.2) is 0 Å². The first-order valence-electron chi connectivity index (χ1n) is 2.82. The second-order valence-electron chi connectivity index (χ2n) is 1.64. The minimum Gasteiger partial charge on any atom is -1.00 e. The van der Waals surface area contributed by atoms with Gasteiger partial charge in [0.25, 0.3) is 0 Å². The Morgan fingerprint density at radius 2 is 1.25 bits per heavy atom. The zero-order valence-corrected chi connectivity index (χ0v) is 5.82. The van der Waals surface area contributed by atoms with Gasteiger partial charge in [0.15, 0.2) is 0 Å². The summed E-state index contributed by atoms with van der Waals surface area (Å²) < 4.78 is 0. The second-order valence-corrected chi connectivity index (χ2v) is 1.64. The maximum absolute atomic E-state index is 5.23. The van der Waals surface area contributed by atoms with Crippen molar-refractivity contribution in [2.45, 2.75) is 19.3 Å². The van der Waals surface area contributed by atoms with Crippen molar-refractivity contribution in [3.05, 3.63) is 0 Å². The van der Waals surface area contributed by atoms with Gasteiger partial charge in [-0.1, -0.05) is 6.42 Å². The fourth-order valence-corrected chi connectivity index (χ4v) is 0.465. The Balaban J connectivity index is -0.000000180. The van der Waals surface area contributed by atoms with Crippen LogP contribution in [-0.2, 0) is 0 Å². The highest BCUT2D eigenvalue weighted by atomic mass is 35.5. The van der Waals surface area contributed by atoms with Gasteiger partial charge in [0.1, 0.15) is 0 Å². The highest BCUT2D eigenvalue weighted by molar-refractivity contribution is 4.41. The maximum Gasteiger partial charge on any atom is 1.00 e. The molecule has 52 valence electrons. The van der Waals surface area contributed by atoms with E-state index in [9.17, 15) is 0 Å². The Morgan fingerprint density at radius 3 is 1.50 bits per heavy atom. The van der Waals surface area contributed by atoms with Crippen molar-refractivity contribution in [3.63, 3.8) is 0 Å². The van der Waals surface area contributed by atoms with Crippen LogP contribution in [-0.4, -0.2) is 13.1 Å². The van der Waals surface area contributed by atoms with Crippen LogP contribution in [0.4, 0.5) is 0 Å². The predicted molar refractivity (Wildman–Crippen MR) is 33.1 cm³/mol. The molecule has 0 rings (SSSR count). The number of nitrogens with two attached hydrogens (primary N) is 2. The van der Waals surface area contributed by atoms with Crippen molar-refractivity contribution in [1.29, 1.82) is 0 Å². The average molecular weight is 139 g/mol. The summed E-state index contributed by atoms with van der Waals surface area (Å²) in [5.41, 5.74) is 10.5. The lowest BCUT2D eigenvalue weighted by molar-refractivity contribution is -0.00000175. The summed E-state index contributed by atoms with van der Waals surface area (Å²) in [5.74, 6) is 0. The molecule has 0 aromatic rings. The van der Waals surface area contributed by atoms with Crippen molar-refractivity contribution < 1.29 is 13.8 Å². The molecular formula is C5H15ClN2. The Morgan fingerprint density at radius 1 is 0.875 bits per heavy atom. The largest absolute Gasteiger partial charge is 1.00 e. The van der Waals surface area contributed by atoms with E-state index in [-0.39, 0.29) is 13.8 Å². The maximum atomic E-state index is 5.23. The lowest BCUT2D eigenvalue weighted by Gasteiger charge is -1.91. The average Bonchev–Trinajstić information content (AvgIpc) is 1.69. The number of hydrogen-bond donors (Lipinski definition) is 2. The third kappa shape index (κ3) is 9.51. The fraction of sp³-hybridized carbons (Fsp3) is 1.00. The molecule has 0 spiro atoms. The molecular weight excluding hydrogens is 124 g/mol. The van der Waals surface area contributed by atoms with Gasteiger partial charge < -0.3 is 23.9 Å². The highest BCUT2D eigenvalue weighted by Crippen LogP contribution is 1.88. The molecule has 0 saturated carbocycles. The van der Waals surface area contributed by atoms with Gasteiger partial charge in [-0.15, -0.1) is 0 Å². The van der Waals surface area contributed by atoms with Crippen molar-refractivity contribution in [1.82, 2.24) is 0 Å². The van der Waals surface area contributed by atoms with Gasteiger partial charge in [-0.2, -0.15) is 0 Å². The zero-order chi connectivity index (χ0) is 5.54. The number of rotatable bonds is 4. The van der Waals surface area contributed by atoms with Crippen LogP contribution in [0.5, 0.6) is 0 Å². The van der Waals surface area contributed by atoms with E-state index in [1.807, 2.05) is 0 Å². The van der Waals surface area contributed by atoms with Crippen LogP contribution < -0.4 is 23.9 Å². The standard InChI is InChI=1S/C5H14N2.ClH/c6-4-2-1-3-5-7;/h1-7H2;1H. The number of hydrogen-bond acceptors (Lipinski definition) is 2. The van der Waals surface area contributed by atoms with Gasteiger partial charge in [0.2, 0.25) is 0 Å². The van der Waals surface area contributed by atoms with E-state index in [0.29, 0.717) is 0 Å². The van der Waals surface area contributed by atoms with Crippen LogP contribution in [0.3, 0.4) is 0 Å². The second kappa shape index (κ2) is 10.2. The van der Waals surface area contributed by atoms with Gasteiger partial charge in [0.05, 0.1) is 0 Å². The minimum absolute atomic E-state index is 0. The summed E-state index contributed by atoms with van der Waals surface area (Å²) >= 11 is 0. The normalized spacial score (nSPS) is 8.25. The van der Waals surface area contributed by atoms with Gasteiger partial charge in [-0.25, -0.2) is 0 Å². The van der Waals surface area contributed by atoms with E-state index in [1.54, 1.807) is 0 Å². The van der Waals surface area contributed by atoms with Gasteiger partial charge in [-0.05, 0) is 25.9 Å². The summed E-state index contributed by atoms with van der Waals surface area (Å²) in [6.07, 6.45) is 3.43. The predicted octanol–water partition coefficient (Wildman–Crippen LogP) is -2.81. The summed E-state index contributed by atoms with van der Waals surface area (Å²) in [7, 11) is 0. The summed E-state index contributed by atoms with van der Waals surface area (Å²) in [6.45, 7) is 1.61. The SMILES string of the molecule is NCCCCCN.[Cl-].[H+]. The molecule has 0 atom stereocenters. The third-order valence-electron chi connectivity index (χ3n) is 0.908. The zero-order valence-electron chi connectivity index (χ0n) is 6.07. The summed E-state index contributed by atoms with van der Waals surface area (Å²) in [4.78, 5) is 0. The van der Waals surface area contributed by atoms with Crippen molar-refractivity contribution in [2.75, 3.05) is 13.1 Å².